The van der Waals surface area contributed by atoms with Gasteiger partial charge in [0.05, 0.1) is 13.0 Å². The summed E-state index contributed by atoms with van der Waals surface area (Å²) in [6, 6.07) is 8.95. The second-order valence-corrected chi connectivity index (χ2v) is 4.68. The molecule has 4 heteroatoms. The molecule has 2 rings (SSSR count). The van der Waals surface area contributed by atoms with Crippen molar-refractivity contribution in [1.29, 1.82) is 0 Å². The monoisotopic (exact) mass is 286 g/mol. The molecule has 1 aromatic rings. The molecule has 0 bridgehead atoms. The van der Waals surface area contributed by atoms with E-state index < -0.39 is 11.7 Å². The zero-order valence-corrected chi connectivity index (χ0v) is 12.0. The van der Waals surface area contributed by atoms with Gasteiger partial charge in [0.2, 0.25) is 0 Å². The van der Waals surface area contributed by atoms with Crippen molar-refractivity contribution < 1.29 is 19.4 Å². The molecule has 21 heavy (non-hydrogen) atoms. The Morgan fingerprint density at radius 1 is 1.29 bits per heavy atom. The average Bonchev–Trinajstić information content (AvgIpc) is 2.54. The van der Waals surface area contributed by atoms with Gasteiger partial charge in [-0.2, -0.15) is 0 Å². The molecule has 0 saturated carbocycles. The van der Waals surface area contributed by atoms with Crippen molar-refractivity contribution in [2.24, 2.45) is 5.92 Å². The molecule has 0 aliphatic heterocycles. The van der Waals surface area contributed by atoms with Crippen molar-refractivity contribution in [2.75, 3.05) is 14.2 Å². The van der Waals surface area contributed by atoms with E-state index in [4.69, 9.17) is 9.47 Å². The van der Waals surface area contributed by atoms with E-state index in [9.17, 15) is 9.90 Å². The van der Waals surface area contributed by atoms with Crippen LogP contribution in [-0.2, 0) is 9.47 Å². The van der Waals surface area contributed by atoms with Crippen LogP contribution in [0, 0.1) is 5.92 Å². The van der Waals surface area contributed by atoms with Crippen LogP contribution >= 0.6 is 0 Å². The fourth-order valence-corrected chi connectivity index (χ4v) is 2.10. The van der Waals surface area contributed by atoms with Gasteiger partial charge in [0, 0.05) is 18.7 Å². The SMILES string of the molecule is COC1=CC(O)(OC)C(C=CC(=O)c2ccccc2)C=C1. The van der Waals surface area contributed by atoms with Crippen molar-refractivity contribution in [3.05, 3.63) is 72.0 Å². The maximum absolute atomic E-state index is 12.0. The smallest absolute Gasteiger partial charge is 0.198 e. The van der Waals surface area contributed by atoms with Crippen LogP contribution in [0.1, 0.15) is 10.4 Å². The van der Waals surface area contributed by atoms with Crippen LogP contribution < -0.4 is 0 Å². The number of hydrogen-bond acceptors (Lipinski definition) is 4. The largest absolute Gasteiger partial charge is 0.497 e. The Kier molecular flexibility index (Phi) is 4.73. The Balaban J connectivity index is 2.16. The number of hydrogen-bond donors (Lipinski definition) is 1. The van der Waals surface area contributed by atoms with Gasteiger partial charge >= 0.3 is 0 Å². The number of benzene rings is 1. The number of aliphatic hydroxyl groups is 1. The second kappa shape index (κ2) is 6.52. The molecular weight excluding hydrogens is 268 g/mol. The molecule has 2 atom stereocenters. The van der Waals surface area contributed by atoms with Crippen LogP contribution in [0.3, 0.4) is 0 Å². The number of carbonyl (C=O) groups excluding carboxylic acids is 1. The van der Waals surface area contributed by atoms with Gasteiger partial charge in [0.1, 0.15) is 5.76 Å². The molecule has 4 nitrogen and oxygen atoms in total. The summed E-state index contributed by atoms with van der Waals surface area (Å²) < 4.78 is 10.2. The first-order valence-electron chi connectivity index (χ1n) is 6.59. The van der Waals surface area contributed by atoms with Crippen LogP contribution in [0.2, 0.25) is 0 Å². The number of methoxy groups -OCH3 is 2. The Bertz CT molecular complexity index is 586. The summed E-state index contributed by atoms with van der Waals surface area (Å²) in [5.41, 5.74) is 0.600. The lowest BCUT2D eigenvalue weighted by molar-refractivity contribution is -0.165. The molecular formula is C17H18O4. The van der Waals surface area contributed by atoms with Gasteiger partial charge in [-0.15, -0.1) is 0 Å². The van der Waals surface area contributed by atoms with Crippen LogP contribution in [0.5, 0.6) is 0 Å². The minimum atomic E-state index is -1.52. The summed E-state index contributed by atoms with van der Waals surface area (Å²) in [6.07, 6.45) is 8.01. The van der Waals surface area contributed by atoms with Crippen molar-refractivity contribution in [3.63, 3.8) is 0 Å². The fourth-order valence-electron chi connectivity index (χ4n) is 2.10. The first kappa shape index (κ1) is 15.2. The third-order valence-corrected chi connectivity index (χ3v) is 3.37. The van der Waals surface area contributed by atoms with E-state index in [0.717, 1.165) is 0 Å². The molecule has 110 valence electrons. The molecule has 1 aromatic carbocycles. The highest BCUT2D eigenvalue weighted by molar-refractivity contribution is 6.04. The first-order chi connectivity index (χ1) is 10.1. The first-order valence-corrected chi connectivity index (χ1v) is 6.59. The summed E-state index contributed by atoms with van der Waals surface area (Å²) in [5, 5.41) is 10.4. The zero-order valence-electron chi connectivity index (χ0n) is 12.0. The predicted octanol–water partition coefficient (Wildman–Crippen LogP) is 2.48. The Hall–Kier alpha value is -2.17. The molecule has 0 fully saturated rings. The van der Waals surface area contributed by atoms with Crippen LogP contribution in [0.15, 0.2) is 66.5 Å². The number of allylic oxidation sites excluding steroid dienone is 2. The Labute approximate surface area is 124 Å². The van der Waals surface area contributed by atoms with E-state index >= 15 is 0 Å². The lowest BCUT2D eigenvalue weighted by Gasteiger charge is -2.31. The van der Waals surface area contributed by atoms with Gasteiger partial charge in [0.15, 0.2) is 11.6 Å². The number of ketones is 1. The fraction of sp³-hybridized carbons (Fsp3) is 0.235. The summed E-state index contributed by atoms with van der Waals surface area (Å²) in [4.78, 5) is 12.0. The highest BCUT2D eigenvalue weighted by Crippen LogP contribution is 2.29. The van der Waals surface area contributed by atoms with E-state index in [0.29, 0.717) is 11.3 Å². The molecule has 0 saturated heterocycles. The highest BCUT2D eigenvalue weighted by Gasteiger charge is 2.34. The number of ether oxygens (including phenoxy) is 2. The lowest BCUT2D eigenvalue weighted by atomic mass is 9.92. The van der Waals surface area contributed by atoms with E-state index in [1.807, 2.05) is 6.07 Å². The van der Waals surface area contributed by atoms with Crippen LogP contribution in [0.4, 0.5) is 0 Å². The van der Waals surface area contributed by atoms with Crippen LogP contribution in [0.25, 0.3) is 0 Å². The third kappa shape index (κ3) is 3.48. The van der Waals surface area contributed by atoms with Crippen molar-refractivity contribution in [2.45, 2.75) is 5.79 Å². The lowest BCUT2D eigenvalue weighted by Crippen LogP contribution is -2.38. The molecule has 1 aliphatic carbocycles. The van der Waals surface area contributed by atoms with Crippen molar-refractivity contribution >= 4 is 5.78 Å². The summed E-state index contributed by atoms with van der Waals surface area (Å²) >= 11 is 0. The van der Waals surface area contributed by atoms with Crippen LogP contribution in [-0.4, -0.2) is 30.9 Å². The molecule has 0 spiro atoms. The van der Waals surface area contributed by atoms with Gasteiger partial charge < -0.3 is 14.6 Å². The molecule has 0 amide bonds. The highest BCUT2D eigenvalue weighted by atomic mass is 16.6. The Morgan fingerprint density at radius 3 is 2.62 bits per heavy atom. The van der Waals surface area contributed by atoms with E-state index in [1.165, 1.54) is 26.4 Å². The van der Waals surface area contributed by atoms with Crippen molar-refractivity contribution in [1.82, 2.24) is 0 Å². The maximum Gasteiger partial charge on any atom is 0.198 e. The molecule has 1 aliphatic rings. The number of carbonyl (C=O) groups is 1. The van der Waals surface area contributed by atoms with Gasteiger partial charge in [-0.05, 0) is 12.2 Å². The normalized spacial score (nSPS) is 24.9. The van der Waals surface area contributed by atoms with Gasteiger partial charge in [0.25, 0.3) is 0 Å². The minimum absolute atomic E-state index is 0.121. The topological polar surface area (TPSA) is 55.8 Å². The summed E-state index contributed by atoms with van der Waals surface area (Å²) in [6.45, 7) is 0. The minimum Gasteiger partial charge on any atom is -0.497 e. The maximum atomic E-state index is 12.0. The number of rotatable bonds is 5. The quantitative estimate of drug-likeness (QED) is 0.513. The molecule has 0 heterocycles. The van der Waals surface area contributed by atoms with E-state index in [-0.39, 0.29) is 5.78 Å². The molecule has 0 aromatic heterocycles. The van der Waals surface area contributed by atoms with E-state index in [2.05, 4.69) is 0 Å². The summed E-state index contributed by atoms with van der Waals surface area (Å²) in [7, 11) is 2.92. The standard InChI is InChI=1S/C17H18O4/c1-20-15-10-8-14(17(19,12-15)21-2)9-11-16(18)13-6-4-3-5-7-13/h3-12,14,19H,1-2H3. The van der Waals surface area contributed by atoms with Gasteiger partial charge in [-0.25, -0.2) is 0 Å². The van der Waals surface area contributed by atoms with Crippen molar-refractivity contribution in [3.8, 4) is 0 Å². The van der Waals surface area contributed by atoms with Gasteiger partial charge in [-0.3, -0.25) is 4.79 Å². The second-order valence-electron chi connectivity index (χ2n) is 4.68. The Morgan fingerprint density at radius 2 is 2.00 bits per heavy atom. The zero-order chi connectivity index (χ0) is 15.3. The molecule has 0 radical (unpaired) electrons. The molecule has 2 unspecified atom stereocenters. The van der Waals surface area contributed by atoms with E-state index in [1.54, 1.807) is 42.5 Å². The van der Waals surface area contributed by atoms with Gasteiger partial charge in [-0.1, -0.05) is 42.5 Å². The third-order valence-electron chi connectivity index (χ3n) is 3.37. The summed E-state index contributed by atoms with van der Waals surface area (Å²) in [5.74, 6) is -1.59. The predicted molar refractivity (Wildman–Crippen MR) is 79.6 cm³/mol. The average molecular weight is 286 g/mol. The molecule has 1 N–H and O–H groups in total.